The molecular formula is C32H25ClF3NO2S. The quantitative estimate of drug-likeness (QED) is 0.163. The topological polar surface area (TPSA) is 47.0 Å². The maximum atomic E-state index is 13.9. The van der Waals surface area contributed by atoms with Crippen LogP contribution in [0, 0.1) is 0 Å². The summed E-state index contributed by atoms with van der Waals surface area (Å²) in [7, 11) is -3.48. The number of nitrogens with zero attached hydrogens (tertiary/aromatic N) is 1. The molecule has 0 bridgehead atoms. The summed E-state index contributed by atoms with van der Waals surface area (Å²) in [4.78, 5) is 3.29. The highest BCUT2D eigenvalue weighted by molar-refractivity contribution is 7.91. The van der Waals surface area contributed by atoms with Crippen molar-refractivity contribution < 1.29 is 21.6 Å². The number of hydrogen-bond donors (Lipinski definition) is 0. The Bertz CT molecular complexity index is 1750. The highest BCUT2D eigenvalue weighted by Crippen LogP contribution is 2.47. The van der Waals surface area contributed by atoms with Crippen LogP contribution in [0.15, 0.2) is 115 Å². The molecule has 1 atom stereocenters. The number of fused-ring (bicyclic) bond motifs is 1. The van der Waals surface area contributed by atoms with Crippen LogP contribution >= 0.6 is 11.6 Å². The van der Waals surface area contributed by atoms with Gasteiger partial charge in [-0.15, -0.1) is 18.2 Å². The van der Waals surface area contributed by atoms with Gasteiger partial charge in [-0.25, -0.2) is 8.42 Å². The average Bonchev–Trinajstić information content (AvgIpc) is 2.92. The van der Waals surface area contributed by atoms with E-state index in [1.165, 1.54) is 18.3 Å². The maximum absolute atomic E-state index is 13.9. The van der Waals surface area contributed by atoms with E-state index in [9.17, 15) is 21.6 Å². The highest BCUT2D eigenvalue weighted by Gasteiger charge is 2.38. The lowest BCUT2D eigenvalue weighted by Crippen LogP contribution is -2.22. The van der Waals surface area contributed by atoms with Gasteiger partial charge >= 0.3 is 6.18 Å². The average molecular weight is 580 g/mol. The first-order valence-corrected chi connectivity index (χ1v) is 14.6. The number of benzene rings is 3. The zero-order chi connectivity index (χ0) is 28.5. The van der Waals surface area contributed by atoms with Crippen molar-refractivity contribution in [2.75, 3.05) is 5.75 Å². The van der Waals surface area contributed by atoms with E-state index in [0.29, 0.717) is 17.4 Å². The number of pyridine rings is 1. The van der Waals surface area contributed by atoms with Crippen molar-refractivity contribution >= 4 is 37.9 Å². The number of hydrogen-bond acceptors (Lipinski definition) is 3. The van der Waals surface area contributed by atoms with Gasteiger partial charge in [0.25, 0.3) is 0 Å². The van der Waals surface area contributed by atoms with Crippen LogP contribution in [0.5, 0.6) is 0 Å². The predicted molar refractivity (Wildman–Crippen MR) is 154 cm³/mol. The van der Waals surface area contributed by atoms with Crippen LogP contribution in [0.2, 0.25) is 0 Å². The number of aromatic nitrogens is 1. The first-order chi connectivity index (χ1) is 19.0. The second-order valence-corrected chi connectivity index (χ2v) is 12.4. The van der Waals surface area contributed by atoms with E-state index in [1.807, 2.05) is 36.4 Å². The van der Waals surface area contributed by atoms with Gasteiger partial charge in [0.05, 0.1) is 26.6 Å². The number of alkyl halides is 4. The highest BCUT2D eigenvalue weighted by atomic mass is 35.5. The van der Waals surface area contributed by atoms with Gasteiger partial charge in [-0.2, -0.15) is 13.2 Å². The molecule has 4 aromatic rings. The maximum Gasteiger partial charge on any atom is 0.418 e. The van der Waals surface area contributed by atoms with Crippen LogP contribution in [0.1, 0.15) is 34.2 Å². The number of halogens is 4. The molecule has 0 radical (unpaired) electrons. The van der Waals surface area contributed by atoms with Gasteiger partial charge in [0, 0.05) is 11.6 Å². The van der Waals surface area contributed by atoms with Gasteiger partial charge in [0.2, 0.25) is 0 Å². The smallest absolute Gasteiger partial charge is 0.255 e. The molecule has 3 aromatic carbocycles. The summed E-state index contributed by atoms with van der Waals surface area (Å²) in [5, 5.41) is 0.343. The Morgan fingerprint density at radius 1 is 1.00 bits per heavy atom. The van der Waals surface area contributed by atoms with Crippen LogP contribution in [0.3, 0.4) is 0 Å². The number of para-hydroxylation sites is 1. The third-order valence-corrected chi connectivity index (χ3v) is 9.07. The summed E-state index contributed by atoms with van der Waals surface area (Å²) in [6.07, 6.45) is 4.45. The van der Waals surface area contributed by atoms with E-state index in [1.54, 1.807) is 42.5 Å². The van der Waals surface area contributed by atoms with E-state index in [4.69, 9.17) is 11.6 Å². The van der Waals surface area contributed by atoms with Gasteiger partial charge in [-0.1, -0.05) is 78.9 Å². The zero-order valence-electron chi connectivity index (χ0n) is 21.3. The summed E-state index contributed by atoms with van der Waals surface area (Å²) < 4.78 is 66.6. The van der Waals surface area contributed by atoms with E-state index < -0.39 is 26.5 Å². The second kappa shape index (κ2) is 10.7. The minimum absolute atomic E-state index is 0.150. The van der Waals surface area contributed by atoms with Gasteiger partial charge in [0.15, 0.2) is 9.84 Å². The second-order valence-electron chi connectivity index (χ2n) is 9.71. The van der Waals surface area contributed by atoms with E-state index in [0.717, 1.165) is 28.3 Å². The van der Waals surface area contributed by atoms with Crippen LogP contribution in [-0.2, 0) is 27.3 Å². The van der Waals surface area contributed by atoms with E-state index >= 15 is 0 Å². The largest absolute Gasteiger partial charge is 0.418 e. The normalized spacial score (nSPS) is 17.6. The van der Waals surface area contributed by atoms with Crippen LogP contribution in [0.4, 0.5) is 13.2 Å². The molecule has 0 amide bonds. The van der Waals surface area contributed by atoms with Crippen molar-refractivity contribution in [3.63, 3.8) is 0 Å². The summed E-state index contributed by atoms with van der Waals surface area (Å²) in [6, 6.07) is 20.2. The number of rotatable bonds is 7. The minimum Gasteiger partial charge on any atom is -0.255 e. The molecule has 1 aromatic heterocycles. The Kier molecular flexibility index (Phi) is 7.46. The lowest BCUT2D eigenvalue weighted by atomic mass is 9.80. The number of sulfone groups is 1. The third kappa shape index (κ3) is 5.49. The molecule has 3 nitrogen and oxygen atoms in total. The third-order valence-electron chi connectivity index (χ3n) is 6.96. The molecule has 0 N–H and O–H groups in total. The van der Waals surface area contributed by atoms with Crippen molar-refractivity contribution in [3.8, 4) is 0 Å². The molecule has 5 rings (SSSR count). The van der Waals surface area contributed by atoms with Gasteiger partial charge in [0.1, 0.15) is 0 Å². The molecule has 1 heterocycles. The summed E-state index contributed by atoms with van der Waals surface area (Å²) in [6.45, 7) is 3.50. The molecule has 0 aliphatic heterocycles. The van der Waals surface area contributed by atoms with Crippen LogP contribution in [-0.4, -0.2) is 19.2 Å². The molecule has 1 aliphatic carbocycles. The van der Waals surface area contributed by atoms with Crippen molar-refractivity contribution in [1.82, 2.24) is 4.98 Å². The molecule has 1 unspecified atom stereocenters. The van der Waals surface area contributed by atoms with Crippen molar-refractivity contribution in [1.29, 1.82) is 0 Å². The number of allylic oxidation sites excluding steroid dienone is 4. The molecule has 0 spiro atoms. The van der Waals surface area contributed by atoms with Crippen molar-refractivity contribution in [2.24, 2.45) is 0 Å². The fourth-order valence-corrected chi connectivity index (χ4v) is 6.64. The molecule has 8 heteroatoms. The lowest BCUT2D eigenvalue weighted by molar-refractivity contribution is -0.136. The van der Waals surface area contributed by atoms with E-state index in [-0.39, 0.29) is 22.6 Å². The lowest BCUT2D eigenvalue weighted by Gasteiger charge is -2.32. The Balaban J connectivity index is 1.61. The monoisotopic (exact) mass is 579 g/mol. The SMILES string of the molecule is C=CCS(=O)(=O)c1ccc(C2=CC=CC(Cl)(c3c(Cc4ccccc4)cnc4c(C(F)(F)F)cccc34)C2)cc1. The summed E-state index contributed by atoms with van der Waals surface area (Å²) in [5.74, 6) is -0.165. The Labute approximate surface area is 236 Å². The Morgan fingerprint density at radius 2 is 1.73 bits per heavy atom. The molecule has 0 fully saturated rings. The molecular weight excluding hydrogens is 555 g/mol. The first kappa shape index (κ1) is 27.9. The first-order valence-electron chi connectivity index (χ1n) is 12.6. The molecule has 0 saturated carbocycles. The van der Waals surface area contributed by atoms with E-state index in [2.05, 4.69) is 11.6 Å². The molecule has 204 valence electrons. The summed E-state index contributed by atoms with van der Waals surface area (Å²) >= 11 is 7.36. The standard InChI is InChI=1S/C32H25ClF3NO2S/c1-2-18-40(38,39)26-15-13-23(14-16-26)24-10-7-17-31(33,20-24)29-25(19-22-8-4-3-5-9-22)21-37-30-27(29)11-6-12-28(30)32(34,35)36/h2-17,21H,1,18-20H2. The predicted octanol–water partition coefficient (Wildman–Crippen LogP) is 8.28. The molecule has 1 aliphatic rings. The Hall–Kier alpha value is -3.68. The fourth-order valence-electron chi connectivity index (χ4n) is 5.14. The van der Waals surface area contributed by atoms with Crippen LogP contribution in [0.25, 0.3) is 16.5 Å². The van der Waals surface area contributed by atoms with Crippen molar-refractivity contribution in [3.05, 3.63) is 138 Å². The Morgan fingerprint density at radius 3 is 2.40 bits per heavy atom. The fraction of sp³-hybridized carbons (Fsp3) is 0.156. The molecule has 40 heavy (non-hydrogen) atoms. The van der Waals surface area contributed by atoms with Crippen molar-refractivity contribution in [2.45, 2.75) is 28.8 Å². The summed E-state index contributed by atoms with van der Waals surface area (Å²) in [5.41, 5.74) is 2.90. The van der Waals surface area contributed by atoms with Gasteiger partial charge < -0.3 is 0 Å². The minimum atomic E-state index is -4.58. The molecule has 0 saturated heterocycles. The van der Waals surface area contributed by atoms with Gasteiger partial charge in [-0.3, -0.25) is 4.98 Å². The zero-order valence-corrected chi connectivity index (χ0v) is 22.9. The van der Waals surface area contributed by atoms with Crippen LogP contribution < -0.4 is 0 Å². The van der Waals surface area contributed by atoms with Gasteiger partial charge in [-0.05, 0) is 58.9 Å².